The maximum Gasteiger partial charge on any atom is 0.0249 e. The van der Waals surface area contributed by atoms with Crippen LogP contribution in [0, 0.1) is 0 Å². The number of nitrogens with one attached hydrogen (secondary N) is 1. The fourth-order valence-electron chi connectivity index (χ4n) is 3.28. The van der Waals surface area contributed by atoms with Gasteiger partial charge in [0.15, 0.2) is 0 Å². The maximum absolute atomic E-state index is 3.75. The van der Waals surface area contributed by atoms with E-state index in [0.29, 0.717) is 6.04 Å². The SMILES string of the molecule is CCCN(CCN(C)C)C1CCCCCC1NCC. The van der Waals surface area contributed by atoms with Crippen LogP contribution >= 0.6 is 0 Å². The lowest BCUT2D eigenvalue weighted by molar-refractivity contribution is 0.137. The summed E-state index contributed by atoms with van der Waals surface area (Å²) >= 11 is 0. The summed E-state index contributed by atoms with van der Waals surface area (Å²) in [7, 11) is 4.36. The van der Waals surface area contributed by atoms with Crippen LogP contribution < -0.4 is 5.32 Å². The van der Waals surface area contributed by atoms with Crippen LogP contribution in [0.15, 0.2) is 0 Å². The van der Waals surface area contributed by atoms with Gasteiger partial charge in [0.25, 0.3) is 0 Å². The zero-order valence-corrected chi connectivity index (χ0v) is 13.6. The molecule has 0 spiro atoms. The molecule has 0 aliphatic heterocycles. The van der Waals surface area contributed by atoms with Gasteiger partial charge in [0.1, 0.15) is 0 Å². The van der Waals surface area contributed by atoms with E-state index in [9.17, 15) is 0 Å². The largest absolute Gasteiger partial charge is 0.313 e. The van der Waals surface area contributed by atoms with Crippen molar-refractivity contribution in [2.45, 2.75) is 64.5 Å². The van der Waals surface area contributed by atoms with Gasteiger partial charge >= 0.3 is 0 Å². The highest BCUT2D eigenvalue weighted by Crippen LogP contribution is 2.22. The summed E-state index contributed by atoms with van der Waals surface area (Å²) in [5.41, 5.74) is 0. The molecule has 1 rings (SSSR count). The zero-order chi connectivity index (χ0) is 14.1. The molecule has 3 nitrogen and oxygen atoms in total. The van der Waals surface area contributed by atoms with Crippen LogP contribution in [0.3, 0.4) is 0 Å². The molecular formula is C16H35N3. The van der Waals surface area contributed by atoms with Crippen LogP contribution in [0.5, 0.6) is 0 Å². The minimum Gasteiger partial charge on any atom is -0.313 e. The van der Waals surface area contributed by atoms with Crippen molar-refractivity contribution in [3.63, 3.8) is 0 Å². The van der Waals surface area contributed by atoms with Gasteiger partial charge in [-0.05, 0) is 46.4 Å². The van der Waals surface area contributed by atoms with Gasteiger partial charge in [0.05, 0.1) is 0 Å². The molecule has 0 aromatic heterocycles. The second kappa shape index (κ2) is 9.73. The molecule has 2 atom stereocenters. The molecule has 3 heteroatoms. The number of hydrogen-bond donors (Lipinski definition) is 1. The topological polar surface area (TPSA) is 18.5 Å². The van der Waals surface area contributed by atoms with Crippen LogP contribution in [0.25, 0.3) is 0 Å². The van der Waals surface area contributed by atoms with E-state index in [-0.39, 0.29) is 0 Å². The standard InChI is InChI=1S/C16H35N3/c1-5-12-19(14-13-18(3)4)16-11-9-7-8-10-15(16)17-6-2/h15-17H,5-14H2,1-4H3. The molecule has 0 bridgehead atoms. The molecule has 2 unspecified atom stereocenters. The van der Waals surface area contributed by atoms with Gasteiger partial charge in [0, 0.05) is 25.2 Å². The minimum atomic E-state index is 0.709. The molecule has 1 fully saturated rings. The number of nitrogens with zero attached hydrogens (tertiary/aromatic N) is 2. The van der Waals surface area contributed by atoms with E-state index in [2.05, 4.69) is 43.1 Å². The van der Waals surface area contributed by atoms with Crippen molar-refractivity contribution < 1.29 is 0 Å². The molecular weight excluding hydrogens is 234 g/mol. The number of hydrogen-bond acceptors (Lipinski definition) is 3. The lowest BCUT2D eigenvalue weighted by Gasteiger charge is -2.37. The Morgan fingerprint density at radius 3 is 2.32 bits per heavy atom. The van der Waals surface area contributed by atoms with Crippen molar-refractivity contribution in [3.05, 3.63) is 0 Å². The van der Waals surface area contributed by atoms with Crippen LogP contribution in [-0.4, -0.2) is 62.2 Å². The first-order chi connectivity index (χ1) is 9.19. The number of likely N-dealkylation sites (N-methyl/N-ethyl adjacent to an activating group) is 2. The van der Waals surface area contributed by atoms with Gasteiger partial charge < -0.3 is 10.2 Å². The van der Waals surface area contributed by atoms with E-state index in [1.807, 2.05) is 0 Å². The summed E-state index contributed by atoms with van der Waals surface area (Å²) in [5, 5.41) is 3.75. The Bertz CT molecular complexity index is 218. The first kappa shape index (κ1) is 16.9. The predicted octanol–water partition coefficient (Wildman–Crippen LogP) is 2.57. The van der Waals surface area contributed by atoms with Gasteiger partial charge in [-0.1, -0.05) is 33.1 Å². The highest BCUT2D eigenvalue weighted by atomic mass is 15.2. The van der Waals surface area contributed by atoms with E-state index in [4.69, 9.17) is 0 Å². The van der Waals surface area contributed by atoms with Crippen LogP contribution in [0.2, 0.25) is 0 Å². The van der Waals surface area contributed by atoms with E-state index >= 15 is 0 Å². The smallest absolute Gasteiger partial charge is 0.0249 e. The molecule has 1 aliphatic rings. The van der Waals surface area contributed by atoms with Crippen LogP contribution in [0.1, 0.15) is 52.4 Å². The molecule has 1 saturated carbocycles. The number of rotatable bonds is 8. The van der Waals surface area contributed by atoms with Crippen molar-refractivity contribution in [2.75, 3.05) is 40.3 Å². The predicted molar refractivity (Wildman–Crippen MR) is 84.8 cm³/mol. The third-order valence-electron chi connectivity index (χ3n) is 4.26. The lowest BCUT2D eigenvalue weighted by Crippen LogP contribution is -2.51. The average Bonchev–Trinajstić information content (AvgIpc) is 2.60. The molecule has 19 heavy (non-hydrogen) atoms. The molecule has 0 aromatic rings. The van der Waals surface area contributed by atoms with E-state index in [1.165, 1.54) is 58.2 Å². The molecule has 0 amide bonds. The van der Waals surface area contributed by atoms with Crippen molar-refractivity contribution >= 4 is 0 Å². The summed E-state index contributed by atoms with van der Waals surface area (Å²) in [5.74, 6) is 0. The quantitative estimate of drug-likeness (QED) is 0.683. The summed E-state index contributed by atoms with van der Waals surface area (Å²) in [6.45, 7) is 9.30. The molecule has 114 valence electrons. The van der Waals surface area contributed by atoms with Gasteiger partial charge in [-0.15, -0.1) is 0 Å². The van der Waals surface area contributed by atoms with E-state index in [0.717, 1.165) is 12.6 Å². The maximum atomic E-state index is 3.75. The molecule has 0 radical (unpaired) electrons. The Labute approximate surface area is 120 Å². The molecule has 1 N–H and O–H groups in total. The highest BCUT2D eigenvalue weighted by Gasteiger charge is 2.27. The Balaban J connectivity index is 2.64. The molecule has 0 heterocycles. The van der Waals surface area contributed by atoms with E-state index < -0.39 is 0 Å². The Morgan fingerprint density at radius 1 is 0.947 bits per heavy atom. The Kier molecular flexibility index (Phi) is 8.67. The fraction of sp³-hybridized carbons (Fsp3) is 1.00. The van der Waals surface area contributed by atoms with Crippen molar-refractivity contribution in [1.82, 2.24) is 15.1 Å². The summed E-state index contributed by atoms with van der Waals surface area (Å²) in [6.07, 6.45) is 8.25. The van der Waals surface area contributed by atoms with Gasteiger partial charge in [-0.25, -0.2) is 0 Å². The summed E-state index contributed by atoms with van der Waals surface area (Å²) in [4.78, 5) is 5.06. The molecule has 0 saturated heterocycles. The lowest BCUT2D eigenvalue weighted by atomic mass is 10.0. The van der Waals surface area contributed by atoms with Gasteiger partial charge in [-0.3, -0.25) is 4.90 Å². The van der Waals surface area contributed by atoms with Crippen molar-refractivity contribution in [2.24, 2.45) is 0 Å². The van der Waals surface area contributed by atoms with Crippen LogP contribution in [-0.2, 0) is 0 Å². The molecule has 0 aromatic carbocycles. The van der Waals surface area contributed by atoms with E-state index in [1.54, 1.807) is 0 Å². The first-order valence-electron chi connectivity index (χ1n) is 8.31. The van der Waals surface area contributed by atoms with Crippen molar-refractivity contribution in [1.29, 1.82) is 0 Å². The highest BCUT2D eigenvalue weighted by molar-refractivity contribution is 4.87. The third-order valence-corrected chi connectivity index (χ3v) is 4.26. The fourth-order valence-corrected chi connectivity index (χ4v) is 3.28. The normalized spacial score (nSPS) is 24.9. The second-order valence-electron chi connectivity index (χ2n) is 6.21. The van der Waals surface area contributed by atoms with Gasteiger partial charge in [0.2, 0.25) is 0 Å². The Hall–Kier alpha value is -0.120. The van der Waals surface area contributed by atoms with Crippen LogP contribution in [0.4, 0.5) is 0 Å². The second-order valence-corrected chi connectivity index (χ2v) is 6.21. The first-order valence-corrected chi connectivity index (χ1v) is 8.31. The zero-order valence-electron chi connectivity index (χ0n) is 13.6. The Morgan fingerprint density at radius 2 is 1.68 bits per heavy atom. The minimum absolute atomic E-state index is 0.709. The molecule has 1 aliphatic carbocycles. The van der Waals surface area contributed by atoms with Crippen molar-refractivity contribution in [3.8, 4) is 0 Å². The summed E-state index contributed by atoms with van der Waals surface area (Å²) < 4.78 is 0. The average molecular weight is 269 g/mol. The monoisotopic (exact) mass is 269 g/mol. The summed E-state index contributed by atoms with van der Waals surface area (Å²) in [6, 6.07) is 1.46. The van der Waals surface area contributed by atoms with Gasteiger partial charge in [-0.2, -0.15) is 0 Å². The third kappa shape index (κ3) is 6.24.